The number of hydrogen-bond donors (Lipinski definition) is 0. The maximum atomic E-state index is 12.7. The van der Waals surface area contributed by atoms with Crippen LogP contribution in [0.1, 0.15) is 43.5 Å². The summed E-state index contributed by atoms with van der Waals surface area (Å²) in [5.41, 5.74) is 0.739. The first-order valence-electron chi connectivity index (χ1n) is 9.44. The molecule has 2 aliphatic heterocycles. The van der Waals surface area contributed by atoms with E-state index in [1.165, 1.54) is 6.42 Å². The van der Waals surface area contributed by atoms with Gasteiger partial charge in [-0.15, -0.1) is 0 Å². The number of hydrogen-bond acceptors (Lipinski definition) is 3. The van der Waals surface area contributed by atoms with E-state index in [1.54, 1.807) is 0 Å². The summed E-state index contributed by atoms with van der Waals surface area (Å²) in [6.45, 7) is 7.69. The van der Waals surface area contributed by atoms with Gasteiger partial charge in [0, 0.05) is 43.8 Å². The number of likely N-dealkylation sites (tertiary alicyclic amines) is 1. The fourth-order valence-electron chi connectivity index (χ4n) is 4.06. The van der Waals surface area contributed by atoms with Crippen LogP contribution in [0.4, 0.5) is 0 Å². The fourth-order valence-corrected chi connectivity index (χ4v) is 4.06. The van der Waals surface area contributed by atoms with Crippen molar-refractivity contribution in [3.63, 3.8) is 0 Å². The molecule has 0 aromatic heterocycles. The molecule has 0 N–H and O–H groups in total. The molecule has 0 bridgehead atoms. The van der Waals surface area contributed by atoms with E-state index in [9.17, 15) is 9.59 Å². The Bertz CT molecular complexity index is 586. The molecule has 2 amide bonds. The van der Waals surface area contributed by atoms with Crippen LogP contribution in [0.2, 0.25) is 0 Å². The normalized spacial score (nSPS) is 25.0. The number of amides is 2. The van der Waals surface area contributed by atoms with Crippen LogP contribution >= 0.6 is 0 Å². The van der Waals surface area contributed by atoms with E-state index in [4.69, 9.17) is 0 Å². The molecule has 1 aromatic carbocycles. The van der Waals surface area contributed by atoms with Crippen LogP contribution in [0.25, 0.3) is 0 Å². The predicted octanol–water partition coefficient (Wildman–Crippen LogP) is 2.23. The molecule has 2 unspecified atom stereocenters. The Labute approximate surface area is 150 Å². The van der Waals surface area contributed by atoms with Crippen molar-refractivity contribution in [3.8, 4) is 0 Å². The fraction of sp³-hybridized carbons (Fsp3) is 0.600. The highest BCUT2D eigenvalue weighted by atomic mass is 16.2. The first kappa shape index (κ1) is 17.9. The molecule has 2 fully saturated rings. The van der Waals surface area contributed by atoms with Crippen LogP contribution in [0.3, 0.4) is 0 Å². The lowest BCUT2D eigenvalue weighted by Gasteiger charge is -2.41. The molecule has 25 heavy (non-hydrogen) atoms. The van der Waals surface area contributed by atoms with Gasteiger partial charge in [-0.25, -0.2) is 0 Å². The molecule has 0 radical (unpaired) electrons. The van der Waals surface area contributed by atoms with Crippen molar-refractivity contribution in [1.29, 1.82) is 0 Å². The minimum Gasteiger partial charge on any atom is -0.336 e. The van der Waals surface area contributed by atoms with Crippen LogP contribution in [0, 0.1) is 0 Å². The zero-order valence-corrected chi connectivity index (χ0v) is 15.4. The molecule has 3 rings (SSSR count). The molecular weight excluding hydrogens is 314 g/mol. The molecule has 2 saturated heterocycles. The van der Waals surface area contributed by atoms with E-state index in [2.05, 4.69) is 23.6 Å². The summed E-state index contributed by atoms with van der Waals surface area (Å²) in [4.78, 5) is 31.4. The third-order valence-electron chi connectivity index (χ3n) is 5.52. The summed E-state index contributed by atoms with van der Waals surface area (Å²) in [5.74, 6) is 0.326. The Morgan fingerprint density at radius 3 is 2.16 bits per heavy atom. The highest BCUT2D eigenvalue weighted by molar-refractivity contribution is 5.94. The Balaban J connectivity index is 1.51. The smallest absolute Gasteiger partial charge is 0.253 e. The van der Waals surface area contributed by atoms with Crippen molar-refractivity contribution in [1.82, 2.24) is 14.7 Å². The molecular formula is C20H29N3O2. The number of carbonyl (C=O) groups excluding carboxylic acids is 2. The predicted molar refractivity (Wildman–Crippen MR) is 98.4 cm³/mol. The number of piperazine rings is 1. The maximum Gasteiger partial charge on any atom is 0.253 e. The summed E-state index contributed by atoms with van der Waals surface area (Å²) in [6, 6.07) is 10.1. The zero-order valence-electron chi connectivity index (χ0n) is 15.4. The average molecular weight is 343 g/mol. The Morgan fingerprint density at radius 1 is 0.960 bits per heavy atom. The topological polar surface area (TPSA) is 43.9 Å². The van der Waals surface area contributed by atoms with Gasteiger partial charge in [0.05, 0.1) is 6.54 Å². The van der Waals surface area contributed by atoms with Crippen molar-refractivity contribution in [3.05, 3.63) is 35.9 Å². The van der Waals surface area contributed by atoms with E-state index < -0.39 is 0 Å². The lowest BCUT2D eigenvalue weighted by atomic mass is 9.97. The second kappa shape index (κ2) is 8.00. The van der Waals surface area contributed by atoms with Crippen LogP contribution in [0.5, 0.6) is 0 Å². The van der Waals surface area contributed by atoms with Gasteiger partial charge in [0.25, 0.3) is 5.91 Å². The van der Waals surface area contributed by atoms with Crippen LogP contribution < -0.4 is 0 Å². The Kier molecular flexibility index (Phi) is 5.74. The number of carbonyl (C=O) groups is 2. The lowest BCUT2D eigenvalue weighted by molar-refractivity contribution is -0.138. The zero-order chi connectivity index (χ0) is 17.8. The largest absolute Gasteiger partial charge is 0.336 e. The minimum absolute atomic E-state index is 0.0878. The van der Waals surface area contributed by atoms with E-state index in [-0.39, 0.29) is 11.8 Å². The van der Waals surface area contributed by atoms with E-state index >= 15 is 0 Å². The van der Waals surface area contributed by atoms with Gasteiger partial charge >= 0.3 is 0 Å². The molecule has 2 aliphatic rings. The Hall–Kier alpha value is -1.88. The molecule has 5 heteroatoms. The summed E-state index contributed by atoms with van der Waals surface area (Å²) in [6.07, 6.45) is 3.43. The van der Waals surface area contributed by atoms with Gasteiger partial charge in [-0.1, -0.05) is 18.2 Å². The molecule has 0 aliphatic carbocycles. The van der Waals surface area contributed by atoms with Gasteiger partial charge in [-0.3, -0.25) is 14.5 Å². The van der Waals surface area contributed by atoms with Crippen molar-refractivity contribution in [2.75, 3.05) is 32.7 Å². The monoisotopic (exact) mass is 343 g/mol. The van der Waals surface area contributed by atoms with Crippen molar-refractivity contribution >= 4 is 11.8 Å². The van der Waals surface area contributed by atoms with E-state index in [1.807, 2.05) is 35.2 Å². The van der Waals surface area contributed by atoms with Gasteiger partial charge < -0.3 is 9.80 Å². The van der Waals surface area contributed by atoms with Crippen molar-refractivity contribution in [2.24, 2.45) is 0 Å². The summed E-state index contributed by atoms with van der Waals surface area (Å²) >= 11 is 0. The molecule has 5 nitrogen and oxygen atoms in total. The van der Waals surface area contributed by atoms with Gasteiger partial charge in [-0.05, 0) is 45.2 Å². The standard InChI is InChI=1S/C20H29N3O2/c1-16-7-6-8-17(2)23(16)19(24)15-21-11-13-22(14-12-21)20(25)18-9-4-3-5-10-18/h3-5,9-10,16-17H,6-8,11-15H2,1-2H3. The second-order valence-corrected chi connectivity index (χ2v) is 7.36. The first-order chi connectivity index (χ1) is 12.1. The second-order valence-electron chi connectivity index (χ2n) is 7.36. The third kappa shape index (κ3) is 4.21. The van der Waals surface area contributed by atoms with Crippen molar-refractivity contribution in [2.45, 2.75) is 45.2 Å². The summed E-state index contributed by atoms with van der Waals surface area (Å²) in [5, 5.41) is 0. The van der Waals surface area contributed by atoms with Crippen LogP contribution in [0.15, 0.2) is 30.3 Å². The molecule has 0 saturated carbocycles. The van der Waals surface area contributed by atoms with Gasteiger partial charge in [-0.2, -0.15) is 0 Å². The number of nitrogens with zero attached hydrogens (tertiary/aromatic N) is 3. The first-order valence-corrected chi connectivity index (χ1v) is 9.44. The molecule has 0 spiro atoms. The van der Waals surface area contributed by atoms with E-state index in [0.29, 0.717) is 31.7 Å². The van der Waals surface area contributed by atoms with E-state index in [0.717, 1.165) is 31.5 Å². The maximum absolute atomic E-state index is 12.7. The Morgan fingerprint density at radius 2 is 1.56 bits per heavy atom. The molecule has 136 valence electrons. The lowest BCUT2D eigenvalue weighted by Crippen LogP contribution is -2.54. The average Bonchev–Trinajstić information content (AvgIpc) is 2.62. The van der Waals surface area contributed by atoms with Gasteiger partial charge in [0.2, 0.25) is 5.91 Å². The molecule has 2 heterocycles. The highest BCUT2D eigenvalue weighted by Crippen LogP contribution is 2.22. The molecule has 2 atom stereocenters. The SMILES string of the molecule is CC1CCCC(C)N1C(=O)CN1CCN(C(=O)c2ccccc2)CC1. The van der Waals surface area contributed by atoms with Gasteiger partial charge in [0.1, 0.15) is 0 Å². The van der Waals surface area contributed by atoms with Crippen LogP contribution in [-0.4, -0.2) is 71.3 Å². The quantitative estimate of drug-likeness (QED) is 0.845. The highest BCUT2D eigenvalue weighted by Gasteiger charge is 2.31. The molecule has 1 aromatic rings. The van der Waals surface area contributed by atoms with Gasteiger partial charge in [0.15, 0.2) is 0 Å². The summed E-state index contributed by atoms with van der Waals surface area (Å²) < 4.78 is 0. The number of piperidine rings is 1. The van der Waals surface area contributed by atoms with Crippen LogP contribution in [-0.2, 0) is 4.79 Å². The minimum atomic E-state index is 0.0878. The third-order valence-corrected chi connectivity index (χ3v) is 5.52. The number of benzene rings is 1. The number of rotatable bonds is 3. The van der Waals surface area contributed by atoms with Crippen molar-refractivity contribution < 1.29 is 9.59 Å². The summed E-state index contributed by atoms with van der Waals surface area (Å²) in [7, 11) is 0.